The van der Waals surface area contributed by atoms with Gasteiger partial charge in [0, 0.05) is 24.0 Å². The normalized spacial score (nSPS) is 14.1. The number of nitrogens with one attached hydrogen (secondary N) is 1. The zero-order valence-corrected chi connectivity index (χ0v) is 11.8. The largest absolute Gasteiger partial charge is 0.349 e. The summed E-state index contributed by atoms with van der Waals surface area (Å²) in [6.07, 6.45) is 5.64. The van der Waals surface area contributed by atoms with Gasteiger partial charge in [0.2, 0.25) is 0 Å². The summed E-state index contributed by atoms with van der Waals surface area (Å²) in [5.41, 5.74) is 5.21. The van der Waals surface area contributed by atoms with Gasteiger partial charge in [-0.15, -0.1) is 0 Å². The van der Waals surface area contributed by atoms with Crippen LogP contribution < -0.4 is 5.32 Å². The van der Waals surface area contributed by atoms with E-state index in [0.29, 0.717) is 11.6 Å². The van der Waals surface area contributed by atoms with Crippen molar-refractivity contribution in [1.29, 1.82) is 0 Å². The highest BCUT2D eigenvalue weighted by Crippen LogP contribution is 2.27. The van der Waals surface area contributed by atoms with Crippen molar-refractivity contribution in [3.8, 4) is 11.1 Å². The Kier molecular flexibility index (Phi) is 3.26. The molecule has 3 heteroatoms. The molecule has 20 heavy (non-hydrogen) atoms. The topological polar surface area (TPSA) is 42.0 Å². The molecule has 1 amide bonds. The van der Waals surface area contributed by atoms with Gasteiger partial charge < -0.3 is 5.32 Å². The van der Waals surface area contributed by atoms with Crippen LogP contribution in [0.3, 0.4) is 0 Å². The molecular formula is C17H18N2O. The number of aryl methyl sites for hydroxylation is 2. The number of nitrogens with zero attached hydrogens (tertiary/aromatic N) is 1. The Hall–Kier alpha value is -2.16. The Labute approximate surface area is 119 Å². The molecule has 0 atom stereocenters. The molecule has 0 radical (unpaired) electrons. The Balaban J connectivity index is 1.96. The van der Waals surface area contributed by atoms with Crippen LogP contribution in [0.15, 0.2) is 36.7 Å². The van der Waals surface area contributed by atoms with Crippen molar-refractivity contribution in [3.63, 3.8) is 0 Å². The lowest BCUT2D eigenvalue weighted by atomic mass is 9.96. The molecule has 1 aromatic carbocycles. The highest BCUT2D eigenvalue weighted by Gasteiger charge is 2.24. The van der Waals surface area contributed by atoms with Crippen molar-refractivity contribution in [3.05, 3.63) is 53.3 Å². The average Bonchev–Trinajstić information content (AvgIpc) is 3.23. The molecule has 1 fully saturated rings. The van der Waals surface area contributed by atoms with Crippen LogP contribution >= 0.6 is 0 Å². The third-order valence-corrected chi connectivity index (χ3v) is 3.68. The van der Waals surface area contributed by atoms with Crippen molar-refractivity contribution in [1.82, 2.24) is 10.3 Å². The summed E-state index contributed by atoms with van der Waals surface area (Å²) in [6.45, 7) is 4.17. The molecule has 0 unspecified atom stereocenters. The molecule has 2 aromatic rings. The van der Waals surface area contributed by atoms with Crippen molar-refractivity contribution >= 4 is 5.91 Å². The Morgan fingerprint density at radius 3 is 2.55 bits per heavy atom. The molecule has 1 aromatic heterocycles. The molecule has 0 saturated heterocycles. The molecule has 1 N–H and O–H groups in total. The van der Waals surface area contributed by atoms with Crippen LogP contribution in [0.4, 0.5) is 0 Å². The van der Waals surface area contributed by atoms with E-state index in [2.05, 4.69) is 36.3 Å². The number of benzene rings is 1. The predicted molar refractivity (Wildman–Crippen MR) is 79.6 cm³/mol. The number of hydrogen-bond acceptors (Lipinski definition) is 2. The fourth-order valence-electron chi connectivity index (χ4n) is 2.47. The van der Waals surface area contributed by atoms with Crippen molar-refractivity contribution in [2.24, 2.45) is 0 Å². The number of rotatable bonds is 3. The van der Waals surface area contributed by atoms with Crippen molar-refractivity contribution in [2.75, 3.05) is 0 Å². The number of pyridine rings is 1. The fraction of sp³-hybridized carbons (Fsp3) is 0.294. The molecule has 1 aliphatic carbocycles. The first-order valence-electron chi connectivity index (χ1n) is 6.97. The van der Waals surface area contributed by atoms with Gasteiger partial charge in [0.05, 0.1) is 5.56 Å². The molecule has 0 spiro atoms. The van der Waals surface area contributed by atoms with Crippen molar-refractivity contribution in [2.45, 2.75) is 32.7 Å². The highest BCUT2D eigenvalue weighted by molar-refractivity contribution is 5.95. The fourth-order valence-corrected chi connectivity index (χ4v) is 2.47. The maximum absolute atomic E-state index is 12.1. The van der Waals surface area contributed by atoms with E-state index < -0.39 is 0 Å². The summed E-state index contributed by atoms with van der Waals surface area (Å²) in [5.74, 6) is -0.0203. The van der Waals surface area contributed by atoms with Gasteiger partial charge in [0.25, 0.3) is 5.91 Å². The van der Waals surface area contributed by atoms with E-state index in [4.69, 9.17) is 0 Å². The summed E-state index contributed by atoms with van der Waals surface area (Å²) < 4.78 is 0. The molecule has 1 saturated carbocycles. The quantitative estimate of drug-likeness (QED) is 0.926. The van der Waals surface area contributed by atoms with E-state index in [1.165, 1.54) is 16.7 Å². The minimum absolute atomic E-state index is 0.0203. The van der Waals surface area contributed by atoms with Crippen molar-refractivity contribution < 1.29 is 4.79 Å². The molecule has 0 aliphatic heterocycles. The van der Waals surface area contributed by atoms with Crippen LogP contribution in [0.25, 0.3) is 11.1 Å². The molecule has 1 aliphatic rings. The number of carbonyl (C=O) groups is 1. The smallest absolute Gasteiger partial charge is 0.253 e. The predicted octanol–water partition coefficient (Wildman–Crippen LogP) is 3.26. The first-order valence-corrected chi connectivity index (χ1v) is 6.97. The Morgan fingerprint density at radius 2 is 1.90 bits per heavy atom. The van der Waals surface area contributed by atoms with Crippen LogP contribution in [-0.2, 0) is 0 Å². The van der Waals surface area contributed by atoms with E-state index in [1.807, 2.05) is 18.3 Å². The zero-order chi connectivity index (χ0) is 14.1. The summed E-state index contributed by atoms with van der Waals surface area (Å²) in [4.78, 5) is 16.3. The SMILES string of the molecule is Cc1cccc(C)c1-c1cncc(C(=O)NC2CC2)c1. The van der Waals surface area contributed by atoms with Crippen LogP contribution in [0, 0.1) is 13.8 Å². The monoisotopic (exact) mass is 266 g/mol. The second kappa shape index (κ2) is 5.08. The summed E-state index contributed by atoms with van der Waals surface area (Å²) in [6, 6.07) is 8.51. The van der Waals surface area contributed by atoms with E-state index in [0.717, 1.165) is 18.4 Å². The lowest BCUT2D eigenvalue weighted by Crippen LogP contribution is -2.25. The number of aromatic nitrogens is 1. The number of hydrogen-bond donors (Lipinski definition) is 1. The highest BCUT2D eigenvalue weighted by atomic mass is 16.1. The van der Waals surface area contributed by atoms with Gasteiger partial charge in [-0.1, -0.05) is 18.2 Å². The molecule has 1 heterocycles. The van der Waals surface area contributed by atoms with Crippen LogP contribution in [-0.4, -0.2) is 16.9 Å². The third-order valence-electron chi connectivity index (χ3n) is 3.68. The first-order chi connectivity index (χ1) is 9.65. The summed E-state index contributed by atoms with van der Waals surface area (Å²) in [5, 5.41) is 3.00. The van der Waals surface area contributed by atoms with Gasteiger partial charge in [0.1, 0.15) is 0 Å². The summed E-state index contributed by atoms with van der Waals surface area (Å²) >= 11 is 0. The van der Waals surface area contributed by atoms with Gasteiger partial charge in [-0.25, -0.2) is 0 Å². The van der Waals surface area contributed by atoms with E-state index in [1.54, 1.807) is 6.20 Å². The van der Waals surface area contributed by atoms with Gasteiger partial charge in [0.15, 0.2) is 0 Å². The van der Waals surface area contributed by atoms with Crippen LogP contribution in [0.2, 0.25) is 0 Å². The number of carbonyl (C=O) groups excluding carboxylic acids is 1. The third kappa shape index (κ3) is 2.57. The first kappa shape index (κ1) is 12.9. The maximum Gasteiger partial charge on any atom is 0.253 e. The molecular weight excluding hydrogens is 248 g/mol. The lowest BCUT2D eigenvalue weighted by Gasteiger charge is -2.11. The molecule has 3 rings (SSSR count). The average molecular weight is 266 g/mol. The molecule has 0 bridgehead atoms. The van der Waals surface area contributed by atoms with E-state index in [9.17, 15) is 4.79 Å². The Morgan fingerprint density at radius 1 is 1.20 bits per heavy atom. The standard InChI is InChI=1S/C17H18N2O/c1-11-4-3-5-12(2)16(11)13-8-14(10-18-9-13)17(20)19-15-6-7-15/h3-5,8-10,15H,6-7H2,1-2H3,(H,19,20). The van der Waals surface area contributed by atoms with Gasteiger partial charge in [-0.3, -0.25) is 9.78 Å². The second-order valence-electron chi connectivity index (χ2n) is 5.48. The van der Waals surface area contributed by atoms with Crippen LogP contribution in [0.1, 0.15) is 34.3 Å². The molecule has 102 valence electrons. The second-order valence-corrected chi connectivity index (χ2v) is 5.48. The number of amides is 1. The Bertz CT molecular complexity index is 640. The zero-order valence-electron chi connectivity index (χ0n) is 11.8. The summed E-state index contributed by atoms with van der Waals surface area (Å²) in [7, 11) is 0. The van der Waals surface area contributed by atoms with Gasteiger partial charge in [-0.05, 0) is 49.4 Å². The molecule has 3 nitrogen and oxygen atoms in total. The minimum Gasteiger partial charge on any atom is -0.349 e. The maximum atomic E-state index is 12.1. The van der Waals surface area contributed by atoms with Gasteiger partial charge in [-0.2, -0.15) is 0 Å². The van der Waals surface area contributed by atoms with Gasteiger partial charge >= 0.3 is 0 Å². The minimum atomic E-state index is -0.0203. The van der Waals surface area contributed by atoms with E-state index in [-0.39, 0.29) is 5.91 Å². The van der Waals surface area contributed by atoms with Crippen LogP contribution in [0.5, 0.6) is 0 Å². The lowest BCUT2D eigenvalue weighted by molar-refractivity contribution is 0.0950. The van der Waals surface area contributed by atoms with E-state index >= 15 is 0 Å².